The molecular weight excluding hydrogens is 294 g/mol. The molecule has 3 rings (SSSR count). The minimum absolute atomic E-state index is 0.454. The van der Waals surface area contributed by atoms with Gasteiger partial charge in [-0.25, -0.2) is 0 Å². The van der Waals surface area contributed by atoms with Crippen LogP contribution >= 0.6 is 0 Å². The quantitative estimate of drug-likeness (QED) is 0.782. The lowest BCUT2D eigenvalue weighted by Gasteiger charge is -2.26. The fourth-order valence-corrected chi connectivity index (χ4v) is 2.99. The Morgan fingerprint density at radius 3 is 1.92 bits per heavy atom. The van der Waals surface area contributed by atoms with Crippen molar-refractivity contribution in [1.29, 1.82) is 10.5 Å². The fourth-order valence-electron chi connectivity index (χ4n) is 2.99. The highest BCUT2D eigenvalue weighted by atomic mass is 15.2. The molecule has 1 aliphatic rings. The van der Waals surface area contributed by atoms with E-state index >= 15 is 0 Å². The number of rotatable bonds is 4. The van der Waals surface area contributed by atoms with Crippen molar-refractivity contribution >= 4 is 11.4 Å². The standard InChI is InChI=1S/C21H21N3/c1-14(2)16-4-6-19(7-5-16)24(20-8-9-20)21-10-17(12-22)15(3)18(11-21)13-23/h4-7,10-11,14,20H,8-9H2,1-3H3. The summed E-state index contributed by atoms with van der Waals surface area (Å²) in [5.74, 6) is 0.503. The Balaban J connectivity index is 2.07. The normalized spacial score (nSPS) is 13.4. The molecule has 0 N–H and O–H groups in total. The highest BCUT2D eigenvalue weighted by Gasteiger charge is 2.31. The van der Waals surface area contributed by atoms with E-state index in [-0.39, 0.29) is 0 Å². The van der Waals surface area contributed by atoms with Crippen LogP contribution in [0.15, 0.2) is 36.4 Å². The van der Waals surface area contributed by atoms with Gasteiger partial charge in [0, 0.05) is 17.4 Å². The van der Waals surface area contributed by atoms with Crippen molar-refractivity contribution in [3.63, 3.8) is 0 Å². The van der Waals surface area contributed by atoms with Crippen LogP contribution in [0.2, 0.25) is 0 Å². The van der Waals surface area contributed by atoms with Crippen LogP contribution in [0.25, 0.3) is 0 Å². The van der Waals surface area contributed by atoms with Gasteiger partial charge in [-0.1, -0.05) is 26.0 Å². The van der Waals surface area contributed by atoms with Gasteiger partial charge in [-0.3, -0.25) is 0 Å². The van der Waals surface area contributed by atoms with E-state index in [0.717, 1.165) is 29.8 Å². The van der Waals surface area contributed by atoms with Crippen LogP contribution in [-0.4, -0.2) is 6.04 Å². The summed E-state index contributed by atoms with van der Waals surface area (Å²) < 4.78 is 0. The first-order chi connectivity index (χ1) is 11.5. The van der Waals surface area contributed by atoms with Gasteiger partial charge in [0.2, 0.25) is 0 Å². The van der Waals surface area contributed by atoms with Gasteiger partial charge in [0.25, 0.3) is 0 Å². The van der Waals surface area contributed by atoms with Gasteiger partial charge in [-0.05, 0) is 61.1 Å². The predicted molar refractivity (Wildman–Crippen MR) is 96.3 cm³/mol. The van der Waals surface area contributed by atoms with E-state index in [1.807, 2.05) is 19.1 Å². The van der Waals surface area contributed by atoms with Crippen LogP contribution in [0.3, 0.4) is 0 Å². The van der Waals surface area contributed by atoms with E-state index in [2.05, 4.69) is 55.2 Å². The molecule has 0 unspecified atom stereocenters. The molecule has 0 bridgehead atoms. The highest BCUT2D eigenvalue weighted by Crippen LogP contribution is 2.39. The third-order valence-corrected chi connectivity index (χ3v) is 4.66. The van der Waals surface area contributed by atoms with Crippen molar-refractivity contribution in [2.24, 2.45) is 0 Å². The molecular formula is C21H21N3. The Kier molecular flexibility index (Phi) is 4.28. The zero-order valence-electron chi connectivity index (χ0n) is 14.4. The maximum atomic E-state index is 9.39. The van der Waals surface area contributed by atoms with Crippen LogP contribution in [0.1, 0.15) is 54.9 Å². The van der Waals surface area contributed by atoms with Crippen molar-refractivity contribution in [2.45, 2.75) is 45.6 Å². The van der Waals surface area contributed by atoms with Crippen LogP contribution in [0.4, 0.5) is 11.4 Å². The third kappa shape index (κ3) is 2.99. The second-order valence-corrected chi connectivity index (χ2v) is 6.74. The number of benzene rings is 2. The average Bonchev–Trinajstić information content (AvgIpc) is 3.41. The van der Waals surface area contributed by atoms with Crippen molar-refractivity contribution in [2.75, 3.05) is 4.90 Å². The molecule has 3 nitrogen and oxygen atoms in total. The molecule has 0 heterocycles. The van der Waals surface area contributed by atoms with E-state index in [4.69, 9.17) is 0 Å². The molecule has 0 saturated heterocycles. The molecule has 120 valence electrons. The lowest BCUT2D eigenvalue weighted by atomic mass is 10.0. The summed E-state index contributed by atoms with van der Waals surface area (Å²) >= 11 is 0. The fraction of sp³-hybridized carbons (Fsp3) is 0.333. The Hall–Kier alpha value is -2.78. The van der Waals surface area contributed by atoms with Crippen molar-refractivity contribution in [3.8, 4) is 12.1 Å². The molecule has 0 spiro atoms. The number of nitriles is 2. The first-order valence-corrected chi connectivity index (χ1v) is 8.39. The summed E-state index contributed by atoms with van der Waals surface area (Å²) in [4.78, 5) is 2.27. The third-order valence-electron chi connectivity index (χ3n) is 4.66. The van der Waals surface area contributed by atoms with Gasteiger partial charge < -0.3 is 4.90 Å². The molecule has 2 aromatic carbocycles. The first-order valence-electron chi connectivity index (χ1n) is 8.39. The van der Waals surface area contributed by atoms with Gasteiger partial charge in [0.05, 0.1) is 23.3 Å². The second-order valence-electron chi connectivity index (χ2n) is 6.74. The van der Waals surface area contributed by atoms with Crippen molar-refractivity contribution < 1.29 is 0 Å². The Morgan fingerprint density at radius 2 is 1.50 bits per heavy atom. The minimum Gasteiger partial charge on any atom is -0.338 e. The van der Waals surface area contributed by atoms with Crippen LogP contribution in [-0.2, 0) is 0 Å². The highest BCUT2D eigenvalue weighted by molar-refractivity contribution is 5.70. The molecule has 0 aromatic heterocycles. The topological polar surface area (TPSA) is 50.8 Å². The van der Waals surface area contributed by atoms with E-state index in [1.165, 1.54) is 5.56 Å². The number of hydrogen-bond donors (Lipinski definition) is 0. The monoisotopic (exact) mass is 315 g/mol. The Labute approximate surface area is 143 Å². The summed E-state index contributed by atoms with van der Waals surface area (Å²) in [6.45, 7) is 6.21. The summed E-state index contributed by atoms with van der Waals surface area (Å²) in [6, 6.07) is 17.3. The van der Waals surface area contributed by atoms with Crippen LogP contribution < -0.4 is 4.90 Å². The molecule has 1 aliphatic carbocycles. The lowest BCUT2D eigenvalue weighted by Crippen LogP contribution is -2.20. The first kappa shape index (κ1) is 16.1. The van der Waals surface area contributed by atoms with Crippen LogP contribution in [0, 0.1) is 29.6 Å². The summed E-state index contributed by atoms with van der Waals surface area (Å²) in [7, 11) is 0. The van der Waals surface area contributed by atoms with Crippen molar-refractivity contribution in [1.82, 2.24) is 0 Å². The molecule has 3 heteroatoms. The molecule has 2 aromatic rings. The predicted octanol–water partition coefficient (Wildman–Crippen LogP) is 5.16. The summed E-state index contributed by atoms with van der Waals surface area (Å²) in [5.41, 5.74) is 5.29. The summed E-state index contributed by atoms with van der Waals surface area (Å²) in [5, 5.41) is 18.8. The SMILES string of the molecule is Cc1c(C#N)cc(N(c2ccc(C(C)C)cc2)C2CC2)cc1C#N. The zero-order valence-corrected chi connectivity index (χ0v) is 14.4. The van der Waals surface area contributed by atoms with E-state index in [9.17, 15) is 10.5 Å². The number of hydrogen-bond acceptors (Lipinski definition) is 3. The van der Waals surface area contributed by atoms with Gasteiger partial charge in [-0.15, -0.1) is 0 Å². The van der Waals surface area contributed by atoms with Gasteiger partial charge in [0.1, 0.15) is 0 Å². The summed E-state index contributed by atoms with van der Waals surface area (Å²) in [6.07, 6.45) is 2.28. The van der Waals surface area contributed by atoms with Gasteiger partial charge in [-0.2, -0.15) is 10.5 Å². The molecule has 0 radical (unpaired) electrons. The van der Waals surface area contributed by atoms with E-state index < -0.39 is 0 Å². The minimum atomic E-state index is 0.454. The molecule has 0 aliphatic heterocycles. The Morgan fingerprint density at radius 1 is 0.958 bits per heavy atom. The average molecular weight is 315 g/mol. The van der Waals surface area contributed by atoms with Crippen molar-refractivity contribution in [3.05, 3.63) is 58.7 Å². The van der Waals surface area contributed by atoms with E-state index in [0.29, 0.717) is 23.1 Å². The molecule has 1 saturated carbocycles. The maximum Gasteiger partial charge on any atom is 0.0995 e. The van der Waals surface area contributed by atoms with E-state index in [1.54, 1.807) is 0 Å². The smallest absolute Gasteiger partial charge is 0.0995 e. The molecule has 24 heavy (non-hydrogen) atoms. The molecule has 0 amide bonds. The zero-order chi connectivity index (χ0) is 17.3. The lowest BCUT2D eigenvalue weighted by molar-refractivity contribution is 0.865. The maximum absolute atomic E-state index is 9.39. The number of anilines is 2. The largest absolute Gasteiger partial charge is 0.338 e. The molecule has 0 atom stereocenters. The van der Waals surface area contributed by atoms with Gasteiger partial charge in [0.15, 0.2) is 0 Å². The van der Waals surface area contributed by atoms with Gasteiger partial charge >= 0.3 is 0 Å². The second kappa shape index (κ2) is 6.38. The number of nitrogens with zero attached hydrogens (tertiary/aromatic N) is 3. The Bertz CT molecular complexity index is 796. The molecule has 1 fully saturated rings. The van der Waals surface area contributed by atoms with Crippen LogP contribution in [0.5, 0.6) is 0 Å².